The molecule has 0 radical (unpaired) electrons. The van der Waals surface area contributed by atoms with Gasteiger partial charge in [-0.25, -0.2) is 0 Å². The van der Waals surface area contributed by atoms with E-state index in [4.69, 9.17) is 14.7 Å². The number of carbonyl (C=O) groups is 1. The van der Waals surface area contributed by atoms with Crippen molar-refractivity contribution < 1.29 is 19.4 Å². The van der Waals surface area contributed by atoms with Crippen LogP contribution >= 0.6 is 0 Å². The molecule has 0 saturated heterocycles. The molecule has 2 rings (SSSR count). The Morgan fingerprint density at radius 3 is 2.62 bits per heavy atom. The van der Waals surface area contributed by atoms with Gasteiger partial charge in [-0.1, -0.05) is 6.07 Å². The Morgan fingerprint density at radius 2 is 2.00 bits per heavy atom. The number of esters is 1. The number of rotatable bonds is 8. The Hall–Kier alpha value is -3.04. The first-order valence-electron chi connectivity index (χ1n) is 8.32. The minimum absolute atomic E-state index is 0.0883. The van der Waals surface area contributed by atoms with Crippen molar-refractivity contribution in [2.24, 2.45) is 0 Å². The Balaban J connectivity index is 2.22. The largest absolute Gasteiger partial charge is 0.506 e. The third kappa shape index (κ3) is 5.23. The van der Waals surface area contributed by atoms with Crippen LogP contribution in [0.4, 0.5) is 11.4 Å². The third-order valence-electron chi connectivity index (χ3n) is 3.87. The van der Waals surface area contributed by atoms with Crippen LogP contribution in [0.1, 0.15) is 30.4 Å². The van der Waals surface area contributed by atoms with Crippen molar-refractivity contribution in [2.75, 3.05) is 25.6 Å². The molecule has 6 nitrogen and oxygen atoms in total. The quantitative estimate of drug-likeness (QED) is 0.555. The Kier molecular flexibility index (Phi) is 7.01. The monoisotopic (exact) mass is 354 g/mol. The van der Waals surface area contributed by atoms with Crippen molar-refractivity contribution in [2.45, 2.75) is 19.3 Å². The van der Waals surface area contributed by atoms with Crippen molar-refractivity contribution in [1.29, 1.82) is 5.26 Å². The highest BCUT2D eigenvalue weighted by molar-refractivity contribution is 5.71. The van der Waals surface area contributed by atoms with E-state index in [0.717, 1.165) is 11.3 Å². The van der Waals surface area contributed by atoms with E-state index in [-0.39, 0.29) is 24.1 Å². The molecule has 0 amide bonds. The van der Waals surface area contributed by atoms with Crippen LogP contribution in [0.3, 0.4) is 0 Å². The lowest BCUT2D eigenvalue weighted by molar-refractivity contribution is -0.143. The van der Waals surface area contributed by atoms with Crippen LogP contribution in [0, 0.1) is 11.3 Å². The molecular formula is C20H22N2O4. The number of phenols is 1. The SMILES string of the molecule is CCOC(=O)CC(COC)c1ccc(O)c(Nc2ccc(C#N)cc2)c1. The number of benzene rings is 2. The first-order valence-corrected chi connectivity index (χ1v) is 8.32. The predicted octanol–water partition coefficient (Wildman–Crippen LogP) is 3.69. The van der Waals surface area contributed by atoms with Crippen LogP contribution < -0.4 is 5.32 Å². The number of methoxy groups -OCH3 is 1. The Bertz CT molecular complexity index is 781. The van der Waals surface area contributed by atoms with Gasteiger partial charge in [0.2, 0.25) is 0 Å². The molecule has 2 N–H and O–H groups in total. The number of anilines is 2. The summed E-state index contributed by atoms with van der Waals surface area (Å²) in [7, 11) is 1.58. The Labute approximate surface area is 153 Å². The van der Waals surface area contributed by atoms with E-state index in [0.29, 0.717) is 24.5 Å². The zero-order chi connectivity index (χ0) is 18.9. The summed E-state index contributed by atoms with van der Waals surface area (Å²) in [6.45, 7) is 2.46. The molecule has 0 bridgehead atoms. The highest BCUT2D eigenvalue weighted by Crippen LogP contribution is 2.32. The maximum Gasteiger partial charge on any atom is 0.306 e. The normalized spacial score (nSPS) is 11.4. The van der Waals surface area contributed by atoms with Crippen LogP contribution in [0.15, 0.2) is 42.5 Å². The van der Waals surface area contributed by atoms with Crippen LogP contribution in [0.25, 0.3) is 0 Å². The summed E-state index contributed by atoms with van der Waals surface area (Å²) in [5, 5.41) is 22.1. The van der Waals surface area contributed by atoms with Crippen LogP contribution in [0.2, 0.25) is 0 Å². The summed E-state index contributed by atoms with van der Waals surface area (Å²) in [4.78, 5) is 11.8. The summed E-state index contributed by atoms with van der Waals surface area (Å²) in [5.74, 6) is -0.379. The molecule has 0 heterocycles. The topological polar surface area (TPSA) is 91.6 Å². The zero-order valence-corrected chi connectivity index (χ0v) is 14.9. The number of aromatic hydroxyl groups is 1. The predicted molar refractivity (Wildman–Crippen MR) is 98.4 cm³/mol. The van der Waals surface area contributed by atoms with Gasteiger partial charge in [-0.3, -0.25) is 4.79 Å². The number of hydrogen-bond acceptors (Lipinski definition) is 6. The van der Waals surface area contributed by atoms with Gasteiger partial charge in [-0.05, 0) is 48.9 Å². The summed E-state index contributed by atoms with van der Waals surface area (Å²) in [6, 6.07) is 14.1. The molecule has 136 valence electrons. The first-order chi connectivity index (χ1) is 12.6. The maximum absolute atomic E-state index is 11.8. The van der Waals surface area contributed by atoms with Gasteiger partial charge in [0.25, 0.3) is 0 Å². The van der Waals surface area contributed by atoms with E-state index in [1.54, 1.807) is 56.5 Å². The van der Waals surface area contributed by atoms with Crippen molar-refractivity contribution >= 4 is 17.3 Å². The average molecular weight is 354 g/mol. The zero-order valence-electron chi connectivity index (χ0n) is 14.9. The third-order valence-corrected chi connectivity index (χ3v) is 3.87. The van der Waals surface area contributed by atoms with Gasteiger partial charge in [0.1, 0.15) is 5.75 Å². The number of carbonyl (C=O) groups excluding carboxylic acids is 1. The van der Waals surface area contributed by atoms with E-state index in [1.165, 1.54) is 0 Å². The van der Waals surface area contributed by atoms with E-state index >= 15 is 0 Å². The number of phenolic OH excluding ortho intramolecular Hbond substituents is 1. The fourth-order valence-electron chi connectivity index (χ4n) is 2.59. The van der Waals surface area contributed by atoms with Crippen LogP contribution in [-0.2, 0) is 14.3 Å². The average Bonchev–Trinajstić information content (AvgIpc) is 2.64. The van der Waals surface area contributed by atoms with E-state index in [1.807, 2.05) is 0 Å². The molecule has 0 aromatic heterocycles. The Morgan fingerprint density at radius 1 is 1.27 bits per heavy atom. The van der Waals surface area contributed by atoms with Gasteiger partial charge in [-0.2, -0.15) is 5.26 Å². The molecule has 1 unspecified atom stereocenters. The minimum Gasteiger partial charge on any atom is -0.506 e. The number of hydrogen-bond donors (Lipinski definition) is 2. The molecule has 0 spiro atoms. The van der Waals surface area contributed by atoms with E-state index < -0.39 is 0 Å². The standard InChI is InChI=1S/C20H22N2O4/c1-3-26-20(24)11-16(13-25-2)15-6-9-19(23)18(10-15)22-17-7-4-14(12-21)5-8-17/h4-10,16,22-23H,3,11,13H2,1-2H3. The van der Waals surface area contributed by atoms with Gasteiger partial charge >= 0.3 is 5.97 Å². The van der Waals surface area contributed by atoms with Gasteiger partial charge < -0.3 is 19.9 Å². The second kappa shape index (κ2) is 9.44. The molecular weight excluding hydrogens is 332 g/mol. The van der Waals surface area contributed by atoms with Gasteiger partial charge in [-0.15, -0.1) is 0 Å². The molecule has 0 fully saturated rings. The summed E-state index contributed by atoms with van der Waals surface area (Å²) >= 11 is 0. The van der Waals surface area contributed by atoms with Crippen molar-refractivity contribution in [3.63, 3.8) is 0 Å². The highest BCUT2D eigenvalue weighted by atomic mass is 16.5. The second-order valence-corrected chi connectivity index (χ2v) is 5.75. The molecule has 0 aliphatic carbocycles. The molecule has 6 heteroatoms. The summed E-state index contributed by atoms with van der Waals surface area (Å²) in [5.41, 5.74) is 2.67. The van der Waals surface area contributed by atoms with Crippen molar-refractivity contribution in [3.05, 3.63) is 53.6 Å². The smallest absolute Gasteiger partial charge is 0.306 e. The lowest BCUT2D eigenvalue weighted by Crippen LogP contribution is -2.14. The van der Waals surface area contributed by atoms with Crippen molar-refractivity contribution in [1.82, 2.24) is 0 Å². The summed E-state index contributed by atoms with van der Waals surface area (Å²) in [6.07, 6.45) is 0.197. The summed E-state index contributed by atoms with van der Waals surface area (Å²) < 4.78 is 10.3. The minimum atomic E-state index is -0.288. The van der Waals surface area contributed by atoms with Crippen molar-refractivity contribution in [3.8, 4) is 11.8 Å². The number of nitriles is 1. The number of ether oxygens (including phenoxy) is 2. The number of nitrogens with zero attached hydrogens (tertiary/aromatic N) is 1. The lowest BCUT2D eigenvalue weighted by atomic mass is 9.95. The molecule has 2 aromatic rings. The molecule has 2 aromatic carbocycles. The maximum atomic E-state index is 11.8. The second-order valence-electron chi connectivity index (χ2n) is 5.75. The number of nitrogens with one attached hydrogen (secondary N) is 1. The van der Waals surface area contributed by atoms with Gasteiger partial charge in [0, 0.05) is 18.7 Å². The van der Waals surface area contributed by atoms with Gasteiger partial charge in [0.15, 0.2) is 0 Å². The van der Waals surface area contributed by atoms with Crippen LogP contribution in [-0.4, -0.2) is 31.4 Å². The molecule has 1 atom stereocenters. The van der Waals surface area contributed by atoms with Crippen LogP contribution in [0.5, 0.6) is 5.75 Å². The fraction of sp³-hybridized carbons (Fsp3) is 0.300. The fourth-order valence-corrected chi connectivity index (χ4v) is 2.59. The van der Waals surface area contributed by atoms with E-state index in [9.17, 15) is 9.90 Å². The lowest BCUT2D eigenvalue weighted by Gasteiger charge is -2.18. The van der Waals surface area contributed by atoms with Gasteiger partial charge in [0.05, 0.1) is 37.0 Å². The molecule has 26 heavy (non-hydrogen) atoms. The first kappa shape index (κ1) is 19.3. The molecule has 0 aliphatic heterocycles. The van der Waals surface area contributed by atoms with E-state index in [2.05, 4.69) is 11.4 Å². The molecule has 0 saturated carbocycles. The molecule has 0 aliphatic rings. The highest BCUT2D eigenvalue weighted by Gasteiger charge is 2.18.